The third kappa shape index (κ3) is 6.01. The van der Waals surface area contributed by atoms with Crippen molar-refractivity contribution >= 4 is 45.4 Å². The number of hydrogen-bond donors (Lipinski definition) is 0. The fourth-order valence-corrected chi connectivity index (χ4v) is 4.55. The van der Waals surface area contributed by atoms with E-state index in [-0.39, 0.29) is 12.2 Å². The van der Waals surface area contributed by atoms with E-state index in [1.165, 1.54) is 0 Å². The first-order valence-electron chi connectivity index (χ1n) is 11.4. The van der Waals surface area contributed by atoms with Gasteiger partial charge in [0.2, 0.25) is 0 Å². The van der Waals surface area contributed by atoms with Gasteiger partial charge in [-0.1, -0.05) is 54.2 Å². The largest absolute Gasteiger partial charge is 0.493 e. The first-order chi connectivity index (χ1) is 17.4. The first kappa shape index (κ1) is 25.6. The van der Waals surface area contributed by atoms with Crippen LogP contribution in [-0.4, -0.2) is 29.9 Å². The van der Waals surface area contributed by atoms with Crippen LogP contribution < -0.4 is 14.2 Å². The maximum atomic E-state index is 12.5. The molecule has 0 spiro atoms. The Labute approximate surface area is 221 Å². The number of aryl methyl sites for hydroxylation is 1. The van der Waals surface area contributed by atoms with Crippen LogP contribution in [0.1, 0.15) is 23.1 Å². The Balaban J connectivity index is 1.45. The van der Waals surface area contributed by atoms with Gasteiger partial charge in [-0.15, -0.1) is 0 Å². The summed E-state index contributed by atoms with van der Waals surface area (Å²) in [4.78, 5) is 17.6. The number of methoxy groups -OCH3 is 2. The standard InChI is InChI=1S/C29H26ClNO4S/c1-18-6-4-5-7-20(18)14-21(32)15-22(36)12-19-8-9-27(24(30)13-19)35-26-10-11-31-25-17-29(34-3)28(33-2)16-23(25)26/h4-11,13,16-17H,12,14-15H2,1-3H3. The molecular weight excluding hydrogens is 494 g/mol. The Hall–Kier alpha value is -3.48. The van der Waals surface area contributed by atoms with E-state index in [9.17, 15) is 4.79 Å². The molecule has 184 valence electrons. The smallest absolute Gasteiger partial charge is 0.162 e. The highest BCUT2D eigenvalue weighted by molar-refractivity contribution is 7.80. The van der Waals surface area contributed by atoms with Crippen LogP contribution in [0.2, 0.25) is 5.02 Å². The van der Waals surface area contributed by atoms with Gasteiger partial charge in [-0.3, -0.25) is 9.78 Å². The van der Waals surface area contributed by atoms with Crippen molar-refractivity contribution in [1.29, 1.82) is 0 Å². The highest BCUT2D eigenvalue weighted by Gasteiger charge is 2.14. The molecule has 0 fully saturated rings. The third-order valence-corrected chi connectivity index (χ3v) is 6.45. The van der Waals surface area contributed by atoms with E-state index in [1.807, 2.05) is 55.5 Å². The predicted molar refractivity (Wildman–Crippen MR) is 147 cm³/mol. The monoisotopic (exact) mass is 519 g/mol. The van der Waals surface area contributed by atoms with Crippen molar-refractivity contribution in [2.45, 2.75) is 26.2 Å². The van der Waals surface area contributed by atoms with Crippen LogP contribution in [0.4, 0.5) is 0 Å². The summed E-state index contributed by atoms with van der Waals surface area (Å²) in [6.45, 7) is 2.01. The Morgan fingerprint density at radius 1 is 0.917 bits per heavy atom. The number of nitrogens with zero attached hydrogens (tertiary/aromatic N) is 1. The normalized spacial score (nSPS) is 10.8. The number of hydrogen-bond acceptors (Lipinski definition) is 6. The van der Waals surface area contributed by atoms with Crippen molar-refractivity contribution in [2.75, 3.05) is 14.2 Å². The molecule has 4 aromatic rings. The Kier molecular flexibility index (Phi) is 8.18. The summed E-state index contributed by atoms with van der Waals surface area (Å²) < 4.78 is 16.9. The second-order valence-corrected chi connectivity index (χ2v) is 9.42. The number of benzene rings is 3. The minimum Gasteiger partial charge on any atom is -0.493 e. The third-order valence-electron chi connectivity index (χ3n) is 5.87. The van der Waals surface area contributed by atoms with E-state index in [2.05, 4.69) is 4.98 Å². The van der Waals surface area contributed by atoms with Gasteiger partial charge in [-0.2, -0.15) is 0 Å². The number of pyridine rings is 1. The van der Waals surface area contributed by atoms with E-state index in [4.69, 9.17) is 38.0 Å². The minimum atomic E-state index is 0.108. The van der Waals surface area contributed by atoms with Crippen LogP contribution in [0.5, 0.6) is 23.0 Å². The van der Waals surface area contributed by atoms with Crippen molar-refractivity contribution < 1.29 is 19.0 Å². The van der Waals surface area contributed by atoms with Crippen LogP contribution in [0, 0.1) is 6.92 Å². The number of aromatic nitrogens is 1. The maximum absolute atomic E-state index is 12.5. The van der Waals surface area contributed by atoms with Crippen molar-refractivity contribution in [3.63, 3.8) is 0 Å². The second-order valence-electron chi connectivity index (χ2n) is 8.43. The van der Waals surface area contributed by atoms with Crippen LogP contribution in [0.3, 0.4) is 0 Å². The predicted octanol–water partition coefficient (Wildman–Crippen LogP) is 7.12. The topological polar surface area (TPSA) is 57.7 Å². The van der Waals surface area contributed by atoms with Gasteiger partial charge in [0.25, 0.3) is 0 Å². The minimum absolute atomic E-state index is 0.108. The Morgan fingerprint density at radius 2 is 1.67 bits per heavy atom. The molecule has 0 N–H and O–H groups in total. The number of thiocarbonyl (C=S) groups is 1. The highest BCUT2D eigenvalue weighted by atomic mass is 35.5. The van der Waals surface area contributed by atoms with E-state index < -0.39 is 0 Å². The summed E-state index contributed by atoms with van der Waals surface area (Å²) in [5.74, 6) is 2.37. The molecule has 7 heteroatoms. The molecule has 1 heterocycles. The number of carbonyl (C=O) groups is 1. The van der Waals surface area contributed by atoms with Crippen molar-refractivity contribution in [2.24, 2.45) is 0 Å². The molecule has 0 atom stereocenters. The summed E-state index contributed by atoms with van der Waals surface area (Å²) in [5.41, 5.74) is 3.78. The first-order valence-corrected chi connectivity index (χ1v) is 12.2. The van der Waals surface area contributed by atoms with Crippen molar-refractivity contribution in [1.82, 2.24) is 4.98 Å². The summed E-state index contributed by atoms with van der Waals surface area (Å²) >= 11 is 12.1. The molecule has 5 nitrogen and oxygen atoms in total. The Bertz CT molecular complexity index is 1440. The van der Waals surface area contributed by atoms with Gasteiger partial charge in [0.05, 0.1) is 24.8 Å². The average Bonchev–Trinajstić information content (AvgIpc) is 2.86. The van der Waals surface area contributed by atoms with Gasteiger partial charge in [0, 0.05) is 41.8 Å². The number of ketones is 1. The lowest BCUT2D eigenvalue weighted by molar-refractivity contribution is -0.117. The highest BCUT2D eigenvalue weighted by Crippen LogP contribution is 2.38. The van der Waals surface area contributed by atoms with Gasteiger partial charge >= 0.3 is 0 Å². The second kappa shape index (κ2) is 11.5. The molecular formula is C29H26ClNO4S. The van der Waals surface area contributed by atoms with Crippen LogP contribution >= 0.6 is 23.8 Å². The van der Waals surface area contributed by atoms with Crippen molar-refractivity contribution in [3.05, 3.63) is 88.6 Å². The lowest BCUT2D eigenvalue weighted by atomic mass is 9.99. The van der Waals surface area contributed by atoms with Gasteiger partial charge < -0.3 is 14.2 Å². The fourth-order valence-electron chi connectivity index (χ4n) is 3.99. The van der Waals surface area contributed by atoms with E-state index >= 15 is 0 Å². The molecule has 0 saturated heterocycles. The van der Waals surface area contributed by atoms with Gasteiger partial charge in [0.15, 0.2) is 11.5 Å². The molecule has 0 aliphatic heterocycles. The molecule has 0 aliphatic rings. The molecule has 0 radical (unpaired) electrons. The lowest BCUT2D eigenvalue weighted by Gasteiger charge is -2.13. The summed E-state index contributed by atoms with van der Waals surface area (Å²) in [6.07, 6.45) is 2.80. The zero-order valence-corrected chi connectivity index (χ0v) is 21.9. The zero-order chi connectivity index (χ0) is 25.7. The molecule has 0 bridgehead atoms. The van der Waals surface area contributed by atoms with Crippen molar-refractivity contribution in [3.8, 4) is 23.0 Å². The Morgan fingerprint density at radius 3 is 2.39 bits per heavy atom. The molecule has 0 amide bonds. The summed E-state index contributed by atoms with van der Waals surface area (Å²) in [5, 5.41) is 1.22. The number of halogens is 1. The van der Waals surface area contributed by atoms with E-state index in [0.717, 1.165) is 22.1 Å². The van der Waals surface area contributed by atoms with Crippen LogP contribution in [0.25, 0.3) is 10.9 Å². The average molecular weight is 520 g/mol. The zero-order valence-electron chi connectivity index (χ0n) is 20.3. The number of rotatable bonds is 10. The van der Waals surface area contributed by atoms with Gasteiger partial charge in [-0.05, 0) is 47.9 Å². The number of ether oxygens (including phenoxy) is 3. The number of Topliss-reactive ketones (excluding diaryl/α,β-unsaturated/α-hetero) is 1. The lowest BCUT2D eigenvalue weighted by Crippen LogP contribution is -2.11. The molecule has 3 aromatic carbocycles. The molecule has 0 saturated carbocycles. The van der Waals surface area contributed by atoms with Gasteiger partial charge in [-0.25, -0.2) is 0 Å². The quantitative estimate of drug-likeness (QED) is 0.208. The van der Waals surface area contributed by atoms with Crippen LogP contribution in [-0.2, 0) is 17.6 Å². The number of fused-ring (bicyclic) bond motifs is 1. The molecule has 4 rings (SSSR count). The maximum Gasteiger partial charge on any atom is 0.162 e. The number of carbonyl (C=O) groups excluding carboxylic acids is 1. The molecule has 1 aromatic heterocycles. The summed E-state index contributed by atoms with van der Waals surface area (Å²) in [7, 11) is 3.16. The molecule has 36 heavy (non-hydrogen) atoms. The SMILES string of the molecule is COc1cc2nccc(Oc3ccc(CC(=S)CC(=O)Cc4ccccc4C)cc3Cl)c2cc1OC. The summed E-state index contributed by atoms with van der Waals surface area (Å²) in [6, 6.07) is 18.8. The van der Waals surface area contributed by atoms with E-state index in [1.54, 1.807) is 32.5 Å². The van der Waals surface area contributed by atoms with Gasteiger partial charge in [0.1, 0.15) is 17.3 Å². The molecule has 0 aliphatic carbocycles. The van der Waals surface area contributed by atoms with E-state index in [0.29, 0.717) is 51.2 Å². The fraction of sp³-hybridized carbons (Fsp3) is 0.207. The van der Waals surface area contributed by atoms with Crippen LogP contribution in [0.15, 0.2) is 66.9 Å². The molecule has 0 unspecified atom stereocenters.